The zero-order valence-corrected chi connectivity index (χ0v) is 14.5. The summed E-state index contributed by atoms with van der Waals surface area (Å²) in [7, 11) is -0.777. The van der Waals surface area contributed by atoms with Gasteiger partial charge in [0.2, 0.25) is 0 Å². The Morgan fingerprint density at radius 1 is 1.24 bits per heavy atom. The smallest absolute Gasteiger partial charge is 0.406 e. The molecule has 9 heteroatoms. The maximum Gasteiger partial charge on any atom is 0.573 e. The number of aliphatic hydroxyl groups excluding tert-OH is 1. The Hall–Kier alpha value is -1.71. The van der Waals surface area contributed by atoms with E-state index in [1.54, 1.807) is 0 Å². The van der Waals surface area contributed by atoms with Crippen molar-refractivity contribution in [2.45, 2.75) is 45.3 Å². The molecule has 0 radical (unpaired) electrons. The summed E-state index contributed by atoms with van der Waals surface area (Å²) >= 11 is 0. The highest BCUT2D eigenvalue weighted by Crippen LogP contribution is 2.39. The van der Waals surface area contributed by atoms with Gasteiger partial charge in [0.25, 0.3) is 0 Å². The van der Waals surface area contributed by atoms with Crippen molar-refractivity contribution in [3.05, 3.63) is 29.2 Å². The minimum Gasteiger partial charge on any atom is -0.406 e. The van der Waals surface area contributed by atoms with Gasteiger partial charge in [-0.3, -0.25) is 0 Å². The number of hydrogen-bond acceptors (Lipinski definition) is 5. The molecular formula is C16H21BF3NO4. The molecule has 1 aromatic carbocycles. The number of nitrogen functional groups attached to an aromatic ring is 1. The summed E-state index contributed by atoms with van der Waals surface area (Å²) in [6, 6.07) is 3.59. The van der Waals surface area contributed by atoms with Gasteiger partial charge >= 0.3 is 13.5 Å². The van der Waals surface area contributed by atoms with Gasteiger partial charge in [0.1, 0.15) is 5.75 Å². The predicted octanol–water partition coefficient (Wildman–Crippen LogP) is 3.17. The molecule has 1 aliphatic heterocycles. The first kappa shape index (κ1) is 19.6. The number of benzene rings is 1. The summed E-state index contributed by atoms with van der Waals surface area (Å²) < 4.78 is 52.3. The molecule has 0 aliphatic carbocycles. The van der Waals surface area contributed by atoms with Crippen LogP contribution in [0.4, 0.5) is 18.9 Å². The van der Waals surface area contributed by atoms with E-state index in [0.717, 1.165) is 12.1 Å². The number of anilines is 1. The molecule has 5 nitrogen and oxygen atoms in total. The summed E-state index contributed by atoms with van der Waals surface area (Å²) in [6.45, 7) is 7.15. The molecule has 1 aliphatic rings. The Morgan fingerprint density at radius 3 is 2.24 bits per heavy atom. The van der Waals surface area contributed by atoms with Gasteiger partial charge in [-0.15, -0.1) is 13.2 Å². The zero-order valence-electron chi connectivity index (χ0n) is 14.5. The Kier molecular flexibility index (Phi) is 5.14. The molecule has 0 saturated carbocycles. The van der Waals surface area contributed by atoms with Crippen LogP contribution in [0.15, 0.2) is 23.7 Å². The number of nitrogens with two attached hydrogens (primary N) is 1. The van der Waals surface area contributed by atoms with Crippen LogP contribution in [0.25, 0.3) is 6.08 Å². The second kappa shape index (κ2) is 6.55. The van der Waals surface area contributed by atoms with E-state index in [2.05, 4.69) is 4.74 Å². The lowest BCUT2D eigenvalue weighted by molar-refractivity contribution is -0.274. The molecule has 2 rings (SSSR count). The first-order valence-corrected chi connectivity index (χ1v) is 7.67. The van der Waals surface area contributed by atoms with Crippen molar-refractivity contribution in [2.75, 3.05) is 12.3 Å². The second-order valence-electron chi connectivity index (χ2n) is 6.80. The van der Waals surface area contributed by atoms with Crippen molar-refractivity contribution >= 4 is 18.9 Å². The van der Waals surface area contributed by atoms with Crippen LogP contribution in [0.5, 0.6) is 5.75 Å². The standard InChI is InChI=1S/C16H21BF3NO4/c1-14(2)15(3,4)25-17(24-14)11(9-22)7-10-5-6-12(8-13(10)21)23-16(18,19)20/h5-8,22H,9,21H2,1-4H3. The molecule has 0 unspecified atom stereocenters. The highest BCUT2D eigenvalue weighted by molar-refractivity contribution is 6.55. The van der Waals surface area contributed by atoms with Crippen molar-refractivity contribution in [2.24, 2.45) is 0 Å². The van der Waals surface area contributed by atoms with Crippen LogP contribution in [0.3, 0.4) is 0 Å². The summed E-state index contributed by atoms with van der Waals surface area (Å²) in [6.07, 6.45) is -3.25. The van der Waals surface area contributed by atoms with Crippen LogP contribution >= 0.6 is 0 Å². The minimum absolute atomic E-state index is 0.0733. The fourth-order valence-electron chi connectivity index (χ4n) is 2.26. The maximum absolute atomic E-state index is 12.2. The normalized spacial score (nSPS) is 20.0. The third-order valence-electron chi connectivity index (χ3n) is 4.37. The lowest BCUT2D eigenvalue weighted by atomic mass is 9.77. The molecule has 0 aromatic heterocycles. The molecule has 3 N–H and O–H groups in total. The molecule has 0 amide bonds. The highest BCUT2D eigenvalue weighted by Gasteiger charge is 2.52. The summed E-state index contributed by atoms with van der Waals surface area (Å²) in [5, 5.41) is 9.64. The van der Waals surface area contributed by atoms with Crippen molar-refractivity contribution in [3.8, 4) is 5.75 Å². The van der Waals surface area contributed by atoms with Gasteiger partial charge in [-0.05, 0) is 50.9 Å². The monoisotopic (exact) mass is 359 g/mol. The Labute approximate surface area is 144 Å². The van der Waals surface area contributed by atoms with E-state index in [-0.39, 0.29) is 12.3 Å². The number of aliphatic hydroxyl groups is 1. The topological polar surface area (TPSA) is 73.9 Å². The van der Waals surface area contributed by atoms with E-state index in [4.69, 9.17) is 15.0 Å². The molecule has 25 heavy (non-hydrogen) atoms. The average molecular weight is 359 g/mol. The Balaban J connectivity index is 2.26. The van der Waals surface area contributed by atoms with E-state index < -0.39 is 30.4 Å². The average Bonchev–Trinajstić information content (AvgIpc) is 2.64. The third-order valence-corrected chi connectivity index (χ3v) is 4.37. The Bertz CT molecular complexity index is 658. The molecule has 1 fully saturated rings. The molecule has 1 heterocycles. The molecule has 1 aromatic rings. The van der Waals surface area contributed by atoms with Gasteiger partial charge in [0, 0.05) is 11.8 Å². The number of hydrogen-bond donors (Lipinski definition) is 2. The van der Waals surface area contributed by atoms with Crippen LogP contribution in [0.1, 0.15) is 33.3 Å². The third kappa shape index (κ3) is 4.48. The summed E-state index contributed by atoms with van der Waals surface area (Å²) in [5.74, 6) is -0.414. The van der Waals surface area contributed by atoms with Gasteiger partial charge in [-0.2, -0.15) is 0 Å². The van der Waals surface area contributed by atoms with E-state index in [1.165, 1.54) is 12.1 Å². The second-order valence-corrected chi connectivity index (χ2v) is 6.80. The van der Waals surface area contributed by atoms with Gasteiger partial charge in [0.15, 0.2) is 0 Å². The fraction of sp³-hybridized carbons (Fsp3) is 0.500. The lowest BCUT2D eigenvalue weighted by Crippen LogP contribution is -2.41. The van der Waals surface area contributed by atoms with E-state index in [0.29, 0.717) is 11.0 Å². The summed E-state index contributed by atoms with van der Waals surface area (Å²) in [4.78, 5) is 0. The van der Waals surface area contributed by atoms with Crippen LogP contribution in [0.2, 0.25) is 0 Å². The molecule has 0 bridgehead atoms. The minimum atomic E-state index is -4.79. The van der Waals surface area contributed by atoms with Crippen LogP contribution < -0.4 is 10.5 Å². The number of rotatable bonds is 4. The SMILES string of the molecule is CC1(C)OB(C(=Cc2ccc(OC(F)(F)F)cc2N)CO)OC1(C)C. The van der Waals surface area contributed by atoms with E-state index >= 15 is 0 Å². The van der Waals surface area contributed by atoms with Crippen LogP contribution in [-0.4, -0.2) is 36.4 Å². The highest BCUT2D eigenvalue weighted by atomic mass is 19.4. The van der Waals surface area contributed by atoms with Gasteiger partial charge in [-0.25, -0.2) is 0 Å². The van der Waals surface area contributed by atoms with Crippen molar-refractivity contribution in [3.63, 3.8) is 0 Å². The lowest BCUT2D eigenvalue weighted by Gasteiger charge is -2.32. The van der Waals surface area contributed by atoms with Crippen molar-refractivity contribution in [1.29, 1.82) is 0 Å². The molecule has 138 valence electrons. The number of ether oxygens (including phenoxy) is 1. The van der Waals surface area contributed by atoms with Crippen LogP contribution in [0, 0.1) is 0 Å². The predicted molar refractivity (Wildman–Crippen MR) is 88.7 cm³/mol. The first-order valence-electron chi connectivity index (χ1n) is 7.67. The van der Waals surface area contributed by atoms with Gasteiger partial charge in [0.05, 0.1) is 17.8 Å². The fourth-order valence-corrected chi connectivity index (χ4v) is 2.26. The molecule has 0 atom stereocenters. The quantitative estimate of drug-likeness (QED) is 0.638. The summed E-state index contributed by atoms with van der Waals surface area (Å²) in [5.41, 5.74) is 5.54. The van der Waals surface area contributed by atoms with Crippen molar-refractivity contribution < 1.29 is 32.3 Å². The van der Waals surface area contributed by atoms with Crippen LogP contribution in [-0.2, 0) is 9.31 Å². The van der Waals surface area contributed by atoms with E-state index in [1.807, 2.05) is 27.7 Å². The molecular weight excluding hydrogens is 338 g/mol. The Morgan fingerprint density at radius 2 is 1.80 bits per heavy atom. The van der Waals surface area contributed by atoms with Gasteiger partial charge in [-0.1, -0.05) is 6.08 Å². The number of halogens is 3. The van der Waals surface area contributed by atoms with Gasteiger partial charge < -0.3 is 24.9 Å². The first-order chi connectivity index (χ1) is 11.3. The zero-order chi connectivity index (χ0) is 19.0. The van der Waals surface area contributed by atoms with E-state index in [9.17, 15) is 18.3 Å². The molecule has 0 spiro atoms. The number of alkyl halides is 3. The maximum atomic E-state index is 12.2. The largest absolute Gasteiger partial charge is 0.573 e. The molecule has 1 saturated heterocycles. The van der Waals surface area contributed by atoms with Crippen molar-refractivity contribution in [1.82, 2.24) is 0 Å².